The van der Waals surface area contributed by atoms with E-state index in [2.05, 4.69) is 75.5 Å². The Labute approximate surface area is 226 Å². The Hall–Kier alpha value is -0.413. The maximum Gasteiger partial charge on any atom is -1.00 e. The maximum atomic E-state index is 2.68. The van der Waals surface area contributed by atoms with E-state index in [-0.39, 0.29) is 30.3 Å². The fourth-order valence-electron chi connectivity index (χ4n) is 6.57. The van der Waals surface area contributed by atoms with E-state index in [9.17, 15) is 0 Å². The summed E-state index contributed by atoms with van der Waals surface area (Å²) in [5, 5.41) is 0. The molecule has 4 aliphatic carbocycles. The fourth-order valence-corrected chi connectivity index (χ4v) is 36.1. The van der Waals surface area contributed by atoms with Crippen LogP contribution in [-0.4, -0.2) is 5.49 Å². The quantitative estimate of drug-likeness (QED) is 0.414. The molecule has 0 N–H and O–H groups in total. The summed E-state index contributed by atoms with van der Waals surface area (Å²) in [5.74, 6) is 1.69. The van der Waals surface area contributed by atoms with Crippen LogP contribution in [-0.2, 0) is 20.1 Å². The molecule has 2 aromatic rings. The van der Waals surface area contributed by atoms with E-state index in [1.165, 1.54) is 38.5 Å². The van der Waals surface area contributed by atoms with E-state index in [0.717, 1.165) is 19.2 Å². The van der Waals surface area contributed by atoms with E-state index >= 15 is 0 Å². The van der Waals surface area contributed by atoms with Gasteiger partial charge in [0.25, 0.3) is 0 Å². The van der Waals surface area contributed by atoms with E-state index in [1.807, 2.05) is 0 Å². The van der Waals surface area contributed by atoms with Crippen LogP contribution in [0.2, 0.25) is 13.1 Å². The van der Waals surface area contributed by atoms with Gasteiger partial charge in [0.2, 0.25) is 0 Å². The Morgan fingerprint density at radius 1 is 0.676 bits per heavy atom. The molecule has 0 heterocycles. The Bertz CT molecular complexity index is 1110. The zero-order valence-corrected chi connectivity index (χ0v) is 27.0. The molecule has 0 nitrogen and oxygen atoms in total. The summed E-state index contributed by atoms with van der Waals surface area (Å²) in [5.41, 5.74) is 13.5. The first-order valence-electron chi connectivity index (χ1n) is 13.0. The predicted molar refractivity (Wildman–Crippen MR) is 136 cm³/mol. The van der Waals surface area contributed by atoms with E-state index in [0.29, 0.717) is 0 Å². The van der Waals surface area contributed by atoms with Gasteiger partial charge in [-0.1, -0.05) is 0 Å². The van der Waals surface area contributed by atoms with Gasteiger partial charge in [-0.3, -0.25) is 0 Å². The van der Waals surface area contributed by atoms with Crippen molar-refractivity contribution >= 4 is 17.6 Å². The van der Waals surface area contributed by atoms with Gasteiger partial charge in [-0.15, -0.1) is 0 Å². The number of hydrogen-bond acceptors (Lipinski definition) is 0. The van der Waals surface area contributed by atoms with Gasteiger partial charge in [0.15, 0.2) is 0 Å². The third-order valence-electron chi connectivity index (χ3n) is 8.42. The van der Waals surface area contributed by atoms with Gasteiger partial charge in [0.05, 0.1) is 0 Å². The zero-order valence-electron chi connectivity index (χ0n) is 20.9. The Kier molecular flexibility index (Phi) is 8.25. The molecule has 178 valence electrons. The summed E-state index contributed by atoms with van der Waals surface area (Å²) in [6, 6.07) is 14.8. The van der Waals surface area contributed by atoms with Crippen molar-refractivity contribution in [3.05, 3.63) is 80.9 Å². The molecular weight excluding hydrogens is 638 g/mol. The molecule has 0 spiro atoms. The molecular formula is C30H36Cl2HfSi. The number of hydrogen-bond donors (Lipinski definition) is 0. The average molecular weight is 674 g/mol. The SMILES string of the molecule is CCC1=Cc2c(C3CC3)cccc2[CH]1[Hf+2]([CH]1C(CC)=Cc2c(C3CC3)cccc21)=[Si](C)C.[Cl-].[Cl-]. The van der Waals surface area contributed by atoms with Crippen LogP contribution in [0.15, 0.2) is 47.5 Å². The van der Waals surface area contributed by atoms with E-state index in [1.54, 1.807) is 44.5 Å². The van der Waals surface area contributed by atoms with E-state index < -0.39 is 20.1 Å². The third-order valence-corrected chi connectivity index (χ3v) is 36.1. The predicted octanol–water partition coefficient (Wildman–Crippen LogP) is 2.72. The summed E-state index contributed by atoms with van der Waals surface area (Å²) in [7, 11) is 0. The van der Waals surface area contributed by atoms with Crippen molar-refractivity contribution in [2.75, 3.05) is 0 Å². The van der Waals surface area contributed by atoms with Crippen molar-refractivity contribution in [1.82, 2.24) is 0 Å². The second-order valence-electron chi connectivity index (χ2n) is 10.7. The average Bonchev–Trinajstić information content (AvgIpc) is 3.73. The van der Waals surface area contributed by atoms with Crippen molar-refractivity contribution in [3.8, 4) is 0 Å². The normalized spacial score (nSPS) is 21.9. The number of fused-ring (bicyclic) bond motifs is 2. The number of benzene rings is 2. The number of rotatable bonds is 6. The zero-order chi connectivity index (χ0) is 22.0. The molecule has 4 heteroatoms. The van der Waals surface area contributed by atoms with Gasteiger partial charge in [-0.2, -0.15) is 0 Å². The van der Waals surface area contributed by atoms with Gasteiger partial charge in [0.1, 0.15) is 0 Å². The van der Waals surface area contributed by atoms with Crippen molar-refractivity contribution < 1.29 is 44.9 Å². The van der Waals surface area contributed by atoms with Crippen molar-refractivity contribution in [2.45, 2.75) is 84.7 Å². The van der Waals surface area contributed by atoms with Crippen LogP contribution in [0, 0.1) is 0 Å². The Morgan fingerprint density at radius 3 is 1.38 bits per heavy atom. The van der Waals surface area contributed by atoms with Crippen LogP contribution < -0.4 is 24.8 Å². The van der Waals surface area contributed by atoms with Gasteiger partial charge in [-0.05, 0) is 0 Å². The molecule has 2 aromatic carbocycles. The second kappa shape index (κ2) is 10.5. The molecule has 0 aromatic heterocycles. The van der Waals surface area contributed by atoms with Crippen molar-refractivity contribution in [2.24, 2.45) is 0 Å². The van der Waals surface area contributed by atoms with Crippen molar-refractivity contribution in [3.63, 3.8) is 0 Å². The minimum atomic E-state index is -2.13. The molecule has 0 amide bonds. The Morgan fingerprint density at radius 2 is 1.06 bits per heavy atom. The van der Waals surface area contributed by atoms with Crippen LogP contribution in [0.3, 0.4) is 0 Å². The first-order chi connectivity index (χ1) is 15.6. The van der Waals surface area contributed by atoms with Crippen molar-refractivity contribution in [1.29, 1.82) is 0 Å². The molecule has 34 heavy (non-hydrogen) atoms. The molecule has 4 aliphatic rings. The number of allylic oxidation sites excluding steroid dienone is 2. The van der Waals surface area contributed by atoms with Crippen LogP contribution in [0.4, 0.5) is 0 Å². The minimum absolute atomic E-state index is 0. The molecule has 0 aliphatic heterocycles. The van der Waals surface area contributed by atoms with E-state index in [4.69, 9.17) is 0 Å². The third kappa shape index (κ3) is 4.44. The van der Waals surface area contributed by atoms with Gasteiger partial charge in [0, 0.05) is 0 Å². The first kappa shape index (κ1) is 26.6. The van der Waals surface area contributed by atoms with Crippen LogP contribution in [0.1, 0.15) is 105 Å². The monoisotopic (exact) mass is 674 g/mol. The van der Waals surface area contributed by atoms with Gasteiger partial charge >= 0.3 is 203 Å². The summed E-state index contributed by atoms with van der Waals surface area (Å²) in [6.07, 6.45) is 13.4. The Balaban J connectivity index is 0.00000137. The molecule has 2 atom stereocenters. The maximum absolute atomic E-state index is 2.68. The van der Waals surface area contributed by atoms with Gasteiger partial charge < -0.3 is 24.8 Å². The molecule has 6 rings (SSSR count). The number of halogens is 2. The van der Waals surface area contributed by atoms with Crippen LogP contribution in [0.25, 0.3) is 12.2 Å². The topological polar surface area (TPSA) is 0 Å². The fraction of sp³-hybridized carbons (Fsp3) is 0.467. The summed E-state index contributed by atoms with van der Waals surface area (Å²) < 4.78 is 1.64. The molecule has 0 radical (unpaired) electrons. The smallest absolute Gasteiger partial charge is 1.00 e. The first-order valence-corrected chi connectivity index (χ1v) is 25.0. The minimum Gasteiger partial charge on any atom is -1.00 e. The van der Waals surface area contributed by atoms with Crippen LogP contribution >= 0.6 is 0 Å². The largest absolute Gasteiger partial charge is 1.00 e. The molecule has 2 fully saturated rings. The summed E-state index contributed by atoms with van der Waals surface area (Å²) >= 11 is -2.13. The summed E-state index contributed by atoms with van der Waals surface area (Å²) in [6.45, 7) is 10.2. The standard InChI is InChI=1S/2C14H15.C2H6Si.2ClH.Hf/c2*1-2-10-8-12-4-3-5-13(11-6-7-11)14(12)9-10;1-3-2;;;/h2*3-5,8-9,11H,2,6-7H2,1H3;1-2H3;2*1H;/q;;;;;+2/p-2. The van der Waals surface area contributed by atoms with Gasteiger partial charge in [-0.25, -0.2) is 0 Å². The molecule has 0 bridgehead atoms. The summed E-state index contributed by atoms with van der Waals surface area (Å²) in [4.78, 5) is 0. The van der Waals surface area contributed by atoms with Crippen LogP contribution in [0.5, 0.6) is 0 Å². The second-order valence-corrected chi connectivity index (χ2v) is 35.6. The molecule has 2 saturated carbocycles. The molecule has 0 saturated heterocycles. The molecule has 2 unspecified atom stereocenters.